The highest BCUT2D eigenvalue weighted by atomic mass is 16.6. The van der Waals surface area contributed by atoms with E-state index in [1.165, 1.54) is 17.0 Å². The van der Waals surface area contributed by atoms with Gasteiger partial charge in [0.05, 0.1) is 11.5 Å². The molecule has 0 bridgehead atoms. The van der Waals surface area contributed by atoms with Crippen LogP contribution in [0.25, 0.3) is 10.8 Å². The minimum Gasteiger partial charge on any atom is -0.459 e. The fourth-order valence-electron chi connectivity index (χ4n) is 4.04. The van der Waals surface area contributed by atoms with Crippen LogP contribution >= 0.6 is 0 Å². The lowest BCUT2D eigenvalue weighted by Crippen LogP contribution is -2.41. The van der Waals surface area contributed by atoms with Crippen molar-refractivity contribution < 1.29 is 24.0 Å². The maximum atomic E-state index is 12.6. The molecule has 1 atom stereocenters. The van der Waals surface area contributed by atoms with Gasteiger partial charge < -0.3 is 9.47 Å². The molecule has 0 aliphatic carbocycles. The highest BCUT2D eigenvalue weighted by molar-refractivity contribution is 5.85. The molecule has 1 fully saturated rings. The van der Waals surface area contributed by atoms with Gasteiger partial charge in [-0.1, -0.05) is 42.5 Å². The quantitative estimate of drug-likeness (QED) is 0.297. The molecule has 4 rings (SSSR count). The van der Waals surface area contributed by atoms with Crippen molar-refractivity contribution in [2.45, 2.75) is 31.9 Å². The standard InChI is InChI=1S/C25H24N2O6/c28-24(33-17-18-10-12-21(13-11-18)27(30)31)23-9-4-15-26(23)25(29)32-16-14-20-7-3-6-19-5-1-2-8-22(19)20/h1-3,5-8,10-13,23H,4,9,14-17H2. The van der Waals surface area contributed by atoms with E-state index in [0.717, 1.165) is 16.3 Å². The first-order valence-corrected chi connectivity index (χ1v) is 10.8. The summed E-state index contributed by atoms with van der Waals surface area (Å²) in [5, 5.41) is 13.0. The van der Waals surface area contributed by atoms with E-state index < -0.39 is 23.0 Å². The molecule has 8 nitrogen and oxygen atoms in total. The number of fused-ring (bicyclic) bond motifs is 1. The highest BCUT2D eigenvalue weighted by Gasteiger charge is 2.36. The summed E-state index contributed by atoms with van der Waals surface area (Å²) >= 11 is 0. The van der Waals surface area contributed by atoms with Crippen molar-refractivity contribution in [1.82, 2.24) is 4.90 Å². The summed E-state index contributed by atoms with van der Waals surface area (Å²) in [5.74, 6) is -0.503. The van der Waals surface area contributed by atoms with E-state index in [0.29, 0.717) is 31.4 Å². The maximum absolute atomic E-state index is 12.6. The van der Waals surface area contributed by atoms with Crippen LogP contribution in [0.1, 0.15) is 24.0 Å². The molecular formula is C25H24N2O6. The van der Waals surface area contributed by atoms with E-state index in [1.54, 1.807) is 12.1 Å². The lowest BCUT2D eigenvalue weighted by molar-refractivity contribution is -0.384. The first kappa shape index (κ1) is 22.3. The van der Waals surface area contributed by atoms with Crippen LogP contribution in [0.3, 0.4) is 0 Å². The number of likely N-dealkylation sites (tertiary alicyclic amines) is 1. The summed E-state index contributed by atoms with van der Waals surface area (Å²) in [4.78, 5) is 36.9. The predicted octanol–water partition coefficient (Wildman–Crippen LogP) is 4.63. The number of carbonyl (C=O) groups is 2. The number of hydrogen-bond donors (Lipinski definition) is 0. The average molecular weight is 448 g/mol. The van der Waals surface area contributed by atoms with Gasteiger partial charge in [0.15, 0.2) is 0 Å². The van der Waals surface area contributed by atoms with Crippen LogP contribution in [0.2, 0.25) is 0 Å². The second-order valence-corrected chi connectivity index (χ2v) is 7.89. The summed E-state index contributed by atoms with van der Waals surface area (Å²) in [6.45, 7) is 0.635. The molecule has 1 aliphatic rings. The number of nitrogens with zero attached hydrogens (tertiary/aromatic N) is 2. The van der Waals surface area contributed by atoms with Crippen molar-refractivity contribution in [2.75, 3.05) is 13.2 Å². The highest BCUT2D eigenvalue weighted by Crippen LogP contribution is 2.22. The molecule has 1 amide bonds. The van der Waals surface area contributed by atoms with Crippen LogP contribution in [0, 0.1) is 10.1 Å². The number of nitro groups is 1. The minimum atomic E-state index is -0.687. The number of hydrogen-bond acceptors (Lipinski definition) is 6. The minimum absolute atomic E-state index is 0.0166. The third kappa shape index (κ3) is 5.28. The van der Waals surface area contributed by atoms with Crippen molar-refractivity contribution >= 4 is 28.5 Å². The van der Waals surface area contributed by atoms with Gasteiger partial charge in [-0.3, -0.25) is 15.0 Å². The van der Waals surface area contributed by atoms with Crippen molar-refractivity contribution in [3.05, 3.63) is 88.0 Å². The number of nitro benzene ring substituents is 1. The number of carbonyl (C=O) groups excluding carboxylic acids is 2. The van der Waals surface area contributed by atoms with E-state index in [2.05, 4.69) is 0 Å². The Labute approximate surface area is 190 Å². The van der Waals surface area contributed by atoms with Gasteiger partial charge in [-0.15, -0.1) is 0 Å². The smallest absolute Gasteiger partial charge is 0.410 e. The second-order valence-electron chi connectivity index (χ2n) is 7.89. The Morgan fingerprint density at radius 1 is 1.00 bits per heavy atom. The fraction of sp³-hybridized carbons (Fsp3) is 0.280. The Hall–Kier alpha value is -3.94. The number of esters is 1. The zero-order valence-corrected chi connectivity index (χ0v) is 18.0. The predicted molar refractivity (Wildman–Crippen MR) is 122 cm³/mol. The average Bonchev–Trinajstić information content (AvgIpc) is 3.33. The van der Waals surface area contributed by atoms with Crippen LogP contribution in [-0.4, -0.2) is 41.1 Å². The molecule has 0 N–H and O–H groups in total. The lowest BCUT2D eigenvalue weighted by atomic mass is 10.0. The number of non-ortho nitro benzene ring substituents is 1. The van der Waals surface area contributed by atoms with Gasteiger partial charge in [-0.2, -0.15) is 0 Å². The molecule has 0 saturated carbocycles. The third-order valence-electron chi connectivity index (χ3n) is 5.76. The zero-order chi connectivity index (χ0) is 23.2. The van der Waals surface area contributed by atoms with E-state index in [9.17, 15) is 19.7 Å². The molecule has 0 aromatic heterocycles. The van der Waals surface area contributed by atoms with Crippen LogP contribution in [-0.2, 0) is 27.3 Å². The summed E-state index contributed by atoms with van der Waals surface area (Å²) in [5.41, 5.74) is 1.70. The second kappa shape index (κ2) is 10.1. The monoisotopic (exact) mass is 448 g/mol. The Morgan fingerprint density at radius 3 is 2.55 bits per heavy atom. The summed E-state index contributed by atoms with van der Waals surface area (Å²) in [6, 6.07) is 19.2. The van der Waals surface area contributed by atoms with Crippen LogP contribution in [0.5, 0.6) is 0 Å². The summed E-state index contributed by atoms with van der Waals surface area (Å²) < 4.78 is 10.8. The molecule has 1 saturated heterocycles. The van der Waals surface area contributed by atoms with Gasteiger partial charge in [-0.25, -0.2) is 9.59 Å². The molecule has 3 aromatic carbocycles. The number of ether oxygens (including phenoxy) is 2. The zero-order valence-electron chi connectivity index (χ0n) is 18.0. The van der Waals surface area contributed by atoms with E-state index in [4.69, 9.17) is 9.47 Å². The van der Waals surface area contributed by atoms with Crippen molar-refractivity contribution in [2.24, 2.45) is 0 Å². The van der Waals surface area contributed by atoms with E-state index >= 15 is 0 Å². The van der Waals surface area contributed by atoms with E-state index in [1.807, 2.05) is 42.5 Å². The molecule has 0 radical (unpaired) electrons. The van der Waals surface area contributed by atoms with Crippen molar-refractivity contribution in [1.29, 1.82) is 0 Å². The van der Waals surface area contributed by atoms with Crippen LogP contribution in [0.4, 0.5) is 10.5 Å². The van der Waals surface area contributed by atoms with Gasteiger partial charge in [0, 0.05) is 25.1 Å². The third-order valence-corrected chi connectivity index (χ3v) is 5.76. The Kier molecular flexibility index (Phi) is 6.83. The van der Waals surface area contributed by atoms with Crippen molar-refractivity contribution in [3.8, 4) is 0 Å². The number of benzene rings is 3. The molecule has 33 heavy (non-hydrogen) atoms. The lowest BCUT2D eigenvalue weighted by Gasteiger charge is -2.22. The maximum Gasteiger partial charge on any atom is 0.410 e. The SMILES string of the molecule is O=C(OCc1ccc([N+](=O)[O-])cc1)C1CCCN1C(=O)OCCc1cccc2ccccc12. The molecule has 1 unspecified atom stereocenters. The van der Waals surface area contributed by atoms with Crippen molar-refractivity contribution in [3.63, 3.8) is 0 Å². The van der Waals surface area contributed by atoms with Gasteiger partial charge in [0.2, 0.25) is 0 Å². The van der Waals surface area contributed by atoms with Crippen LogP contribution in [0.15, 0.2) is 66.7 Å². The fourth-order valence-corrected chi connectivity index (χ4v) is 4.04. The largest absolute Gasteiger partial charge is 0.459 e. The van der Waals surface area contributed by atoms with E-state index in [-0.39, 0.29) is 18.9 Å². The number of rotatable bonds is 7. The van der Waals surface area contributed by atoms with Gasteiger partial charge in [0.25, 0.3) is 5.69 Å². The molecule has 170 valence electrons. The molecule has 0 spiro atoms. The van der Waals surface area contributed by atoms with Crippen LogP contribution < -0.4 is 0 Å². The molecule has 3 aromatic rings. The first-order valence-electron chi connectivity index (χ1n) is 10.8. The molecular weight excluding hydrogens is 424 g/mol. The molecule has 1 aliphatic heterocycles. The summed E-state index contributed by atoms with van der Waals surface area (Å²) in [6.07, 6.45) is 1.26. The molecule has 1 heterocycles. The van der Waals surface area contributed by atoms with Gasteiger partial charge >= 0.3 is 12.1 Å². The van der Waals surface area contributed by atoms with Gasteiger partial charge in [0.1, 0.15) is 12.6 Å². The Bertz CT molecular complexity index is 1160. The normalized spacial score (nSPS) is 15.4. The topological polar surface area (TPSA) is 99.0 Å². The van der Waals surface area contributed by atoms with Gasteiger partial charge in [-0.05, 0) is 46.9 Å². The molecule has 8 heteroatoms. The number of amides is 1. The Balaban J connectivity index is 1.29. The first-order chi connectivity index (χ1) is 16.0. The Morgan fingerprint density at radius 2 is 1.76 bits per heavy atom. The summed E-state index contributed by atoms with van der Waals surface area (Å²) in [7, 11) is 0.